The molecule has 1 atom stereocenters. The first-order valence-corrected chi connectivity index (χ1v) is 10.5. The number of nitriles is 1. The maximum Gasteiger partial charge on any atom is 0.353 e. The van der Waals surface area contributed by atoms with E-state index in [4.69, 9.17) is 19.9 Å². The molecule has 150 valence electrons. The first kappa shape index (κ1) is 20.0. The van der Waals surface area contributed by atoms with Gasteiger partial charge in [0.15, 0.2) is 0 Å². The van der Waals surface area contributed by atoms with Gasteiger partial charge in [-0.1, -0.05) is 28.1 Å². The minimum absolute atomic E-state index is 0.00115. The van der Waals surface area contributed by atoms with Crippen molar-refractivity contribution in [3.8, 4) is 23.3 Å². The van der Waals surface area contributed by atoms with Gasteiger partial charge in [0.05, 0.1) is 13.0 Å². The van der Waals surface area contributed by atoms with Crippen LogP contribution in [0.15, 0.2) is 69.8 Å². The van der Waals surface area contributed by atoms with Crippen molar-refractivity contribution in [1.82, 2.24) is 0 Å². The highest BCUT2D eigenvalue weighted by Crippen LogP contribution is 2.46. The average molecular weight is 483 g/mol. The molecular weight excluding hydrogens is 468 g/mol. The average Bonchev–Trinajstić information content (AvgIpc) is 3.27. The van der Waals surface area contributed by atoms with Crippen molar-refractivity contribution in [2.24, 2.45) is 5.73 Å². The van der Waals surface area contributed by atoms with Gasteiger partial charge in [-0.2, -0.15) is 5.26 Å². The van der Waals surface area contributed by atoms with Crippen molar-refractivity contribution >= 4 is 33.2 Å². The Labute approximate surface area is 185 Å². The molecule has 3 aromatic rings. The van der Waals surface area contributed by atoms with Crippen molar-refractivity contribution in [3.05, 3.63) is 85.8 Å². The van der Waals surface area contributed by atoms with E-state index in [1.807, 2.05) is 18.2 Å². The molecule has 2 aromatic carbocycles. The molecule has 1 aliphatic heterocycles. The van der Waals surface area contributed by atoms with E-state index in [2.05, 4.69) is 22.0 Å². The zero-order valence-electron chi connectivity index (χ0n) is 15.7. The lowest BCUT2D eigenvalue weighted by Crippen LogP contribution is -2.21. The van der Waals surface area contributed by atoms with Crippen LogP contribution in [0.3, 0.4) is 0 Å². The molecule has 1 unspecified atom stereocenters. The summed E-state index contributed by atoms with van der Waals surface area (Å²) < 4.78 is 17.5. The molecule has 1 aliphatic rings. The standard InChI is InChI=1S/C22H15BrN2O4S/c1-27-17-7-4-12(23)9-15(17)20-14-6-5-13(28-22(26)19-3-2-8-30-19)10-18(14)29-21(25)16(20)11-24/h2-10,20H,25H2,1H3. The SMILES string of the molecule is COc1ccc(Br)cc1C1C(C#N)=C(N)Oc2cc(OC(=O)c3cccs3)ccc21. The Morgan fingerprint density at radius 2 is 2.07 bits per heavy atom. The topological polar surface area (TPSA) is 94.6 Å². The van der Waals surface area contributed by atoms with Gasteiger partial charge in [-0.15, -0.1) is 11.3 Å². The van der Waals surface area contributed by atoms with E-state index in [0.717, 1.165) is 10.0 Å². The van der Waals surface area contributed by atoms with E-state index in [0.29, 0.717) is 27.7 Å². The normalized spacial score (nSPS) is 15.0. The fourth-order valence-corrected chi connectivity index (χ4v) is 4.28. The van der Waals surface area contributed by atoms with E-state index in [9.17, 15) is 10.1 Å². The molecule has 0 amide bonds. The second-order valence-corrected chi connectivity index (χ2v) is 8.24. The molecule has 6 nitrogen and oxygen atoms in total. The summed E-state index contributed by atoms with van der Waals surface area (Å²) in [6, 6.07) is 16.2. The number of esters is 1. The minimum Gasteiger partial charge on any atom is -0.496 e. The van der Waals surface area contributed by atoms with Crippen LogP contribution in [0, 0.1) is 11.3 Å². The van der Waals surface area contributed by atoms with Crippen LogP contribution < -0.4 is 19.9 Å². The first-order valence-electron chi connectivity index (χ1n) is 8.82. The Bertz CT molecular complexity index is 1200. The number of thiophene rings is 1. The van der Waals surface area contributed by atoms with Crippen LogP contribution in [0.25, 0.3) is 0 Å². The van der Waals surface area contributed by atoms with Crippen molar-refractivity contribution < 1.29 is 19.0 Å². The second-order valence-electron chi connectivity index (χ2n) is 6.38. The molecule has 0 fully saturated rings. The maximum absolute atomic E-state index is 12.3. The molecule has 4 rings (SSSR count). The molecule has 8 heteroatoms. The largest absolute Gasteiger partial charge is 0.496 e. The molecule has 2 heterocycles. The van der Waals surface area contributed by atoms with E-state index < -0.39 is 11.9 Å². The lowest BCUT2D eigenvalue weighted by molar-refractivity contribution is 0.0739. The fourth-order valence-electron chi connectivity index (χ4n) is 3.30. The van der Waals surface area contributed by atoms with Crippen LogP contribution in [0.4, 0.5) is 0 Å². The van der Waals surface area contributed by atoms with Gasteiger partial charge in [0.1, 0.15) is 33.8 Å². The zero-order chi connectivity index (χ0) is 21.3. The number of fused-ring (bicyclic) bond motifs is 1. The van der Waals surface area contributed by atoms with Gasteiger partial charge >= 0.3 is 5.97 Å². The fraction of sp³-hybridized carbons (Fsp3) is 0.0909. The molecule has 0 radical (unpaired) electrons. The molecule has 0 aliphatic carbocycles. The monoisotopic (exact) mass is 482 g/mol. The van der Waals surface area contributed by atoms with Crippen molar-refractivity contribution in [2.45, 2.75) is 5.92 Å². The highest BCUT2D eigenvalue weighted by atomic mass is 79.9. The smallest absolute Gasteiger partial charge is 0.353 e. The van der Waals surface area contributed by atoms with E-state index >= 15 is 0 Å². The van der Waals surface area contributed by atoms with Crippen LogP contribution in [-0.2, 0) is 0 Å². The van der Waals surface area contributed by atoms with Crippen LogP contribution in [0.2, 0.25) is 0 Å². The summed E-state index contributed by atoms with van der Waals surface area (Å²) in [4.78, 5) is 12.8. The number of rotatable bonds is 4. The summed E-state index contributed by atoms with van der Waals surface area (Å²) in [6.07, 6.45) is 0. The van der Waals surface area contributed by atoms with E-state index in [1.54, 1.807) is 42.8 Å². The highest BCUT2D eigenvalue weighted by molar-refractivity contribution is 9.10. The van der Waals surface area contributed by atoms with E-state index in [1.165, 1.54) is 11.3 Å². The van der Waals surface area contributed by atoms with Crippen molar-refractivity contribution in [2.75, 3.05) is 7.11 Å². The number of benzene rings is 2. The number of hydrogen-bond donors (Lipinski definition) is 1. The predicted octanol–water partition coefficient (Wildman–Crippen LogP) is 4.96. The zero-order valence-corrected chi connectivity index (χ0v) is 18.1. The van der Waals surface area contributed by atoms with Crippen LogP contribution in [-0.4, -0.2) is 13.1 Å². The number of halogens is 1. The third-order valence-electron chi connectivity index (χ3n) is 4.63. The first-order chi connectivity index (χ1) is 14.5. The molecular formula is C22H15BrN2O4S. The number of allylic oxidation sites excluding steroid dienone is 1. The Morgan fingerprint density at radius 1 is 1.23 bits per heavy atom. The maximum atomic E-state index is 12.3. The van der Waals surface area contributed by atoms with Gasteiger partial charge in [0.25, 0.3) is 0 Å². The molecule has 0 bridgehead atoms. The number of nitrogens with zero attached hydrogens (tertiary/aromatic N) is 1. The molecule has 2 N–H and O–H groups in total. The van der Waals surface area contributed by atoms with Crippen molar-refractivity contribution in [1.29, 1.82) is 5.26 Å². The molecule has 30 heavy (non-hydrogen) atoms. The van der Waals surface area contributed by atoms with Gasteiger partial charge in [0, 0.05) is 21.7 Å². The summed E-state index contributed by atoms with van der Waals surface area (Å²) in [7, 11) is 1.57. The minimum atomic E-state index is -0.492. The number of ether oxygens (including phenoxy) is 3. The van der Waals surface area contributed by atoms with Crippen LogP contribution >= 0.6 is 27.3 Å². The number of carbonyl (C=O) groups is 1. The highest BCUT2D eigenvalue weighted by Gasteiger charge is 2.33. The van der Waals surface area contributed by atoms with Crippen LogP contribution in [0.5, 0.6) is 17.2 Å². The predicted molar refractivity (Wildman–Crippen MR) is 116 cm³/mol. The van der Waals surface area contributed by atoms with Gasteiger partial charge in [0.2, 0.25) is 5.88 Å². The molecule has 0 saturated heterocycles. The quantitative estimate of drug-likeness (QED) is 0.417. The van der Waals surface area contributed by atoms with Gasteiger partial charge in [-0.3, -0.25) is 0 Å². The Hall–Kier alpha value is -3.28. The number of hydrogen-bond acceptors (Lipinski definition) is 7. The molecule has 0 spiro atoms. The Balaban J connectivity index is 1.77. The lowest BCUT2D eigenvalue weighted by Gasteiger charge is -2.27. The Kier molecular flexibility index (Phi) is 5.48. The summed E-state index contributed by atoms with van der Waals surface area (Å²) in [5, 5.41) is 11.5. The lowest BCUT2D eigenvalue weighted by atomic mass is 9.83. The Morgan fingerprint density at radius 3 is 2.77 bits per heavy atom. The van der Waals surface area contributed by atoms with Crippen molar-refractivity contribution in [3.63, 3.8) is 0 Å². The number of nitrogens with two attached hydrogens (primary N) is 1. The van der Waals surface area contributed by atoms with Gasteiger partial charge in [-0.05, 0) is 35.7 Å². The van der Waals surface area contributed by atoms with Gasteiger partial charge < -0.3 is 19.9 Å². The summed E-state index contributed by atoms with van der Waals surface area (Å²) in [5.41, 5.74) is 7.83. The number of carbonyl (C=O) groups excluding carboxylic acids is 1. The summed E-state index contributed by atoms with van der Waals surface area (Å²) >= 11 is 4.77. The molecule has 1 aromatic heterocycles. The third kappa shape index (κ3) is 3.65. The second kappa shape index (κ2) is 8.22. The van der Waals surface area contributed by atoms with E-state index in [-0.39, 0.29) is 11.5 Å². The number of methoxy groups -OCH3 is 1. The summed E-state index contributed by atoms with van der Waals surface area (Å²) in [5.74, 6) is 0.402. The summed E-state index contributed by atoms with van der Waals surface area (Å²) in [6.45, 7) is 0. The molecule has 0 saturated carbocycles. The van der Waals surface area contributed by atoms with Gasteiger partial charge in [-0.25, -0.2) is 4.79 Å². The van der Waals surface area contributed by atoms with Crippen LogP contribution in [0.1, 0.15) is 26.7 Å². The third-order valence-corrected chi connectivity index (χ3v) is 5.97.